The molecule has 34 heavy (non-hydrogen) atoms. The maximum atomic E-state index is 9.39. The molecule has 0 atom stereocenters. The van der Waals surface area contributed by atoms with Crippen LogP contribution in [0.3, 0.4) is 0 Å². The van der Waals surface area contributed by atoms with Gasteiger partial charge in [-0.25, -0.2) is 19.6 Å². The van der Waals surface area contributed by atoms with Crippen molar-refractivity contribution in [3.8, 4) is 34.5 Å². The maximum Gasteiger partial charge on any atom is 0.221 e. The lowest BCUT2D eigenvalue weighted by atomic mass is 10.1. The fraction of sp³-hybridized carbons (Fsp3) is 0.250. The van der Waals surface area contributed by atoms with Crippen molar-refractivity contribution < 1.29 is 4.74 Å². The molecule has 5 rings (SSSR count). The molecular weight excluding hydrogens is 430 g/mol. The minimum Gasteiger partial charge on any atom is -0.495 e. The van der Waals surface area contributed by atoms with Crippen molar-refractivity contribution in [1.82, 2.24) is 29.9 Å². The van der Waals surface area contributed by atoms with E-state index in [0.717, 1.165) is 24.6 Å². The fourth-order valence-electron chi connectivity index (χ4n) is 4.12. The fourth-order valence-corrected chi connectivity index (χ4v) is 4.12. The second kappa shape index (κ2) is 9.15. The first-order valence-corrected chi connectivity index (χ1v) is 11.0. The van der Waals surface area contributed by atoms with Gasteiger partial charge in [-0.15, -0.1) is 5.10 Å². The van der Waals surface area contributed by atoms with Crippen LogP contribution in [-0.2, 0) is 6.54 Å². The summed E-state index contributed by atoms with van der Waals surface area (Å²) in [6.07, 6.45) is 4.21. The van der Waals surface area contributed by atoms with E-state index in [1.54, 1.807) is 29.1 Å². The molecule has 1 saturated heterocycles. The Kier molecular flexibility index (Phi) is 5.74. The highest BCUT2D eigenvalue weighted by Gasteiger charge is 2.17. The molecule has 2 N–H and O–H groups in total. The summed E-state index contributed by atoms with van der Waals surface area (Å²) in [5.41, 5.74) is 9.58. The van der Waals surface area contributed by atoms with E-state index in [1.807, 2.05) is 24.3 Å². The molecule has 10 nitrogen and oxygen atoms in total. The number of nitrogen functional groups attached to an aromatic ring is 1. The van der Waals surface area contributed by atoms with Crippen molar-refractivity contribution in [3.63, 3.8) is 0 Å². The number of hydrogen-bond donors (Lipinski definition) is 1. The van der Waals surface area contributed by atoms with Gasteiger partial charge in [0.15, 0.2) is 0 Å². The molecule has 0 unspecified atom stereocenters. The zero-order valence-electron chi connectivity index (χ0n) is 18.7. The molecule has 0 radical (unpaired) electrons. The third-order valence-electron chi connectivity index (χ3n) is 5.71. The Morgan fingerprint density at radius 1 is 1.03 bits per heavy atom. The van der Waals surface area contributed by atoms with Crippen LogP contribution >= 0.6 is 0 Å². The summed E-state index contributed by atoms with van der Waals surface area (Å²) in [6, 6.07) is 15.2. The first-order chi connectivity index (χ1) is 16.6. The average Bonchev–Trinajstić information content (AvgIpc) is 3.56. The first kappa shape index (κ1) is 21.3. The Labute approximate surface area is 196 Å². The van der Waals surface area contributed by atoms with Gasteiger partial charge >= 0.3 is 0 Å². The average molecular weight is 454 g/mol. The van der Waals surface area contributed by atoms with Crippen molar-refractivity contribution in [2.45, 2.75) is 19.4 Å². The largest absolute Gasteiger partial charge is 0.495 e. The highest BCUT2D eigenvalue weighted by Crippen LogP contribution is 2.33. The van der Waals surface area contributed by atoms with Crippen LogP contribution in [0.4, 0.5) is 11.8 Å². The van der Waals surface area contributed by atoms with Crippen LogP contribution in [-0.4, -0.2) is 50.1 Å². The monoisotopic (exact) mass is 453 g/mol. The van der Waals surface area contributed by atoms with E-state index in [1.165, 1.54) is 20.0 Å². The lowest BCUT2D eigenvalue weighted by molar-refractivity contribution is 0.415. The second-order valence-electron chi connectivity index (χ2n) is 7.98. The molecule has 10 heteroatoms. The van der Waals surface area contributed by atoms with Gasteiger partial charge in [0.25, 0.3) is 0 Å². The molecule has 3 aromatic heterocycles. The van der Waals surface area contributed by atoms with Crippen LogP contribution in [0.25, 0.3) is 22.6 Å². The molecule has 1 aliphatic rings. The molecule has 0 bridgehead atoms. The van der Waals surface area contributed by atoms with Crippen molar-refractivity contribution in [2.75, 3.05) is 30.8 Å². The maximum absolute atomic E-state index is 9.39. The highest BCUT2D eigenvalue weighted by atomic mass is 16.5. The minimum absolute atomic E-state index is 0.0893. The number of nitrogens with two attached hydrogens (primary N) is 1. The summed E-state index contributed by atoms with van der Waals surface area (Å²) in [5, 5.41) is 17.9. The Morgan fingerprint density at radius 3 is 2.62 bits per heavy atom. The SMILES string of the molecule is COc1c(C#N)cccc1-c1cc(-c2cn(Cc3cccc(N4CCCC4)n3)nn2)nc(N)n1. The molecular formula is C24H23N9O. The van der Waals surface area contributed by atoms with Gasteiger partial charge in [0.2, 0.25) is 5.95 Å². The Hall–Kier alpha value is -4.52. The van der Waals surface area contributed by atoms with Crippen LogP contribution in [0.2, 0.25) is 0 Å². The number of hydrogen-bond acceptors (Lipinski definition) is 9. The number of rotatable bonds is 6. The molecule has 1 aromatic carbocycles. The van der Waals surface area contributed by atoms with E-state index >= 15 is 0 Å². The molecule has 1 fully saturated rings. The second-order valence-corrected chi connectivity index (χ2v) is 7.98. The minimum atomic E-state index is 0.0893. The van der Waals surface area contributed by atoms with Gasteiger partial charge in [0.1, 0.15) is 23.3 Å². The Morgan fingerprint density at radius 2 is 1.82 bits per heavy atom. The first-order valence-electron chi connectivity index (χ1n) is 11.0. The number of nitrogens with zero attached hydrogens (tertiary/aromatic N) is 8. The molecule has 0 aliphatic carbocycles. The number of nitriles is 1. The summed E-state index contributed by atoms with van der Waals surface area (Å²) in [4.78, 5) is 15.8. The van der Waals surface area contributed by atoms with Gasteiger partial charge in [-0.3, -0.25) is 0 Å². The van der Waals surface area contributed by atoms with Crippen molar-refractivity contribution in [3.05, 3.63) is 59.9 Å². The highest BCUT2D eigenvalue weighted by molar-refractivity contribution is 5.74. The van der Waals surface area contributed by atoms with Gasteiger partial charge in [-0.05, 0) is 43.2 Å². The zero-order chi connectivity index (χ0) is 23.5. The van der Waals surface area contributed by atoms with Crippen LogP contribution in [0.5, 0.6) is 5.75 Å². The molecule has 170 valence electrons. The topological polar surface area (TPSA) is 132 Å². The third-order valence-corrected chi connectivity index (χ3v) is 5.71. The smallest absolute Gasteiger partial charge is 0.221 e. The van der Waals surface area contributed by atoms with Gasteiger partial charge in [-0.2, -0.15) is 5.26 Å². The molecule has 0 spiro atoms. The summed E-state index contributed by atoms with van der Waals surface area (Å²) in [6.45, 7) is 2.58. The van der Waals surface area contributed by atoms with Gasteiger partial charge < -0.3 is 15.4 Å². The molecule has 1 aliphatic heterocycles. The predicted molar refractivity (Wildman–Crippen MR) is 127 cm³/mol. The summed E-state index contributed by atoms with van der Waals surface area (Å²) in [5.74, 6) is 1.52. The number of ether oxygens (including phenoxy) is 1. The standard InChI is InChI=1S/C24H23N9O/c1-34-23-16(13-25)6-4-8-18(23)19-12-20(29-24(26)28-19)21-15-33(31-30-21)14-17-7-5-9-22(27-17)32-10-2-3-11-32/h4-9,12,15H,2-3,10-11,14H2,1H3,(H2,26,28,29). The number of aromatic nitrogens is 6. The van der Waals surface area contributed by atoms with E-state index in [4.69, 9.17) is 15.5 Å². The van der Waals surface area contributed by atoms with Crippen molar-refractivity contribution in [2.24, 2.45) is 0 Å². The lowest BCUT2D eigenvalue weighted by Crippen LogP contribution is -2.19. The van der Waals surface area contributed by atoms with E-state index in [2.05, 4.69) is 31.2 Å². The number of benzene rings is 1. The van der Waals surface area contributed by atoms with Crippen LogP contribution in [0.1, 0.15) is 24.1 Å². The lowest BCUT2D eigenvalue weighted by Gasteiger charge is -2.16. The molecule has 0 saturated carbocycles. The molecule has 0 amide bonds. The van der Waals surface area contributed by atoms with Crippen molar-refractivity contribution in [1.29, 1.82) is 5.26 Å². The van der Waals surface area contributed by atoms with Crippen LogP contribution in [0, 0.1) is 11.3 Å². The number of methoxy groups -OCH3 is 1. The van der Waals surface area contributed by atoms with E-state index < -0.39 is 0 Å². The van der Waals surface area contributed by atoms with E-state index in [0.29, 0.717) is 40.5 Å². The van der Waals surface area contributed by atoms with Crippen LogP contribution < -0.4 is 15.4 Å². The Balaban J connectivity index is 1.43. The van der Waals surface area contributed by atoms with Crippen LogP contribution in [0.15, 0.2) is 48.7 Å². The van der Waals surface area contributed by atoms with Crippen molar-refractivity contribution >= 4 is 11.8 Å². The summed E-state index contributed by atoms with van der Waals surface area (Å²) >= 11 is 0. The third kappa shape index (κ3) is 4.23. The van der Waals surface area contributed by atoms with Gasteiger partial charge in [0, 0.05) is 18.7 Å². The summed E-state index contributed by atoms with van der Waals surface area (Å²) in [7, 11) is 1.52. The number of pyridine rings is 1. The zero-order valence-corrected chi connectivity index (χ0v) is 18.7. The van der Waals surface area contributed by atoms with E-state index in [-0.39, 0.29) is 5.95 Å². The normalized spacial score (nSPS) is 13.1. The quantitative estimate of drug-likeness (QED) is 0.468. The van der Waals surface area contributed by atoms with Gasteiger partial charge in [0.05, 0.1) is 42.5 Å². The molecule has 4 heterocycles. The molecule has 4 aromatic rings. The van der Waals surface area contributed by atoms with E-state index in [9.17, 15) is 5.26 Å². The predicted octanol–water partition coefficient (Wildman–Crippen LogP) is 2.91. The van der Waals surface area contributed by atoms with Gasteiger partial charge in [-0.1, -0.05) is 17.3 Å². The number of anilines is 2. The number of para-hydroxylation sites is 1. The Bertz CT molecular complexity index is 1370. The summed E-state index contributed by atoms with van der Waals surface area (Å²) < 4.78 is 7.18.